The largest absolute Gasteiger partial charge is 0.285 e. The number of nitrogens with zero attached hydrogens (tertiary/aromatic N) is 1. The molecule has 1 aromatic rings. The van der Waals surface area contributed by atoms with Gasteiger partial charge in [-0.3, -0.25) is 25.2 Å². The third-order valence-corrected chi connectivity index (χ3v) is 3.09. The first-order valence-electron chi connectivity index (χ1n) is 5.78. The van der Waals surface area contributed by atoms with E-state index in [1.807, 2.05) is 0 Å². The highest BCUT2D eigenvalue weighted by Gasteiger charge is 2.18. The first-order chi connectivity index (χ1) is 9.56. The van der Waals surface area contributed by atoms with Crippen molar-refractivity contribution in [3.05, 3.63) is 34.3 Å². The van der Waals surface area contributed by atoms with Gasteiger partial charge in [-0.05, 0) is 24.3 Å². The van der Waals surface area contributed by atoms with Crippen LogP contribution in [0.25, 0.3) is 0 Å². The zero-order valence-electron chi connectivity index (χ0n) is 10.3. The van der Waals surface area contributed by atoms with Gasteiger partial charge in [-0.25, -0.2) is 5.43 Å². The smallest absolute Gasteiger partial charge is 0.273 e. The molecule has 0 aliphatic carbocycles. The fourth-order valence-electron chi connectivity index (χ4n) is 1.50. The number of amides is 3. The Morgan fingerprint density at radius 3 is 2.35 bits per heavy atom. The summed E-state index contributed by atoms with van der Waals surface area (Å²) in [7, 11) is 0. The van der Waals surface area contributed by atoms with E-state index in [9.17, 15) is 14.4 Å². The second-order valence-corrected chi connectivity index (χ2v) is 4.92. The van der Waals surface area contributed by atoms with E-state index in [4.69, 9.17) is 0 Å². The van der Waals surface area contributed by atoms with Gasteiger partial charge >= 0.3 is 0 Å². The molecule has 3 N–H and O–H groups in total. The molecule has 0 saturated carbocycles. The van der Waals surface area contributed by atoms with Gasteiger partial charge in [0.2, 0.25) is 5.91 Å². The molecule has 0 bridgehead atoms. The van der Waals surface area contributed by atoms with Crippen LogP contribution in [0.5, 0.6) is 0 Å². The molecule has 1 heterocycles. The van der Waals surface area contributed by atoms with Gasteiger partial charge in [-0.2, -0.15) is 5.10 Å². The molecule has 0 fully saturated rings. The highest BCUT2D eigenvalue weighted by atomic mass is 79.9. The number of hydrogen-bond acceptors (Lipinski definition) is 4. The predicted octanol–water partition coefficient (Wildman–Crippen LogP) is 0.476. The standard InChI is InChI=1S/C12H11BrN4O3/c13-8-3-1-7(2-4-8)11(19)16-17-12(20)9-5-6-10(18)15-14-9/h1-4H,5-6H2,(H,15,18)(H,16,19)(H,17,20). The van der Waals surface area contributed by atoms with Crippen molar-refractivity contribution in [2.24, 2.45) is 5.10 Å². The number of hydrogen-bond donors (Lipinski definition) is 3. The van der Waals surface area contributed by atoms with E-state index in [1.54, 1.807) is 24.3 Å². The fraction of sp³-hybridized carbons (Fsp3) is 0.167. The molecule has 0 radical (unpaired) electrons. The molecule has 7 nitrogen and oxygen atoms in total. The number of halogens is 1. The molecular formula is C12H11BrN4O3. The molecule has 8 heteroatoms. The number of rotatable bonds is 2. The van der Waals surface area contributed by atoms with E-state index in [0.29, 0.717) is 5.56 Å². The van der Waals surface area contributed by atoms with Crippen molar-refractivity contribution in [1.82, 2.24) is 16.3 Å². The van der Waals surface area contributed by atoms with Crippen LogP contribution in [-0.2, 0) is 9.59 Å². The van der Waals surface area contributed by atoms with Crippen molar-refractivity contribution in [1.29, 1.82) is 0 Å². The quantitative estimate of drug-likeness (QED) is 0.683. The second kappa shape index (κ2) is 6.29. The Hall–Kier alpha value is -2.22. The van der Waals surface area contributed by atoms with Crippen molar-refractivity contribution >= 4 is 39.4 Å². The van der Waals surface area contributed by atoms with Crippen LogP contribution in [0.15, 0.2) is 33.8 Å². The van der Waals surface area contributed by atoms with Crippen LogP contribution < -0.4 is 16.3 Å². The highest BCUT2D eigenvalue weighted by molar-refractivity contribution is 9.10. The van der Waals surface area contributed by atoms with Crippen molar-refractivity contribution in [2.75, 3.05) is 0 Å². The summed E-state index contributed by atoms with van der Waals surface area (Å²) in [6, 6.07) is 6.67. The van der Waals surface area contributed by atoms with Crippen LogP contribution in [0.3, 0.4) is 0 Å². The summed E-state index contributed by atoms with van der Waals surface area (Å²) in [5.41, 5.74) is 7.31. The molecule has 0 saturated heterocycles. The molecule has 20 heavy (non-hydrogen) atoms. The van der Waals surface area contributed by atoms with Gasteiger partial charge in [0.1, 0.15) is 5.71 Å². The van der Waals surface area contributed by atoms with Crippen LogP contribution in [0.1, 0.15) is 23.2 Å². The number of nitrogens with one attached hydrogen (secondary N) is 3. The summed E-state index contributed by atoms with van der Waals surface area (Å²) in [6.07, 6.45) is 0.443. The molecular weight excluding hydrogens is 328 g/mol. The minimum Gasteiger partial charge on any atom is -0.273 e. The molecule has 104 valence electrons. The van der Waals surface area contributed by atoms with E-state index >= 15 is 0 Å². The van der Waals surface area contributed by atoms with Gasteiger partial charge in [-0.1, -0.05) is 15.9 Å². The van der Waals surface area contributed by atoms with Gasteiger partial charge < -0.3 is 0 Å². The average Bonchev–Trinajstić information content (AvgIpc) is 2.46. The van der Waals surface area contributed by atoms with Gasteiger partial charge in [0.15, 0.2) is 0 Å². The predicted molar refractivity (Wildman–Crippen MR) is 74.6 cm³/mol. The Bertz CT molecular complexity index is 583. The summed E-state index contributed by atoms with van der Waals surface area (Å²) in [6.45, 7) is 0. The third kappa shape index (κ3) is 3.64. The van der Waals surface area contributed by atoms with Gasteiger partial charge in [0.05, 0.1) is 0 Å². The number of benzene rings is 1. The van der Waals surface area contributed by atoms with Crippen LogP contribution in [0.2, 0.25) is 0 Å². The molecule has 3 amide bonds. The average molecular weight is 339 g/mol. The fourth-order valence-corrected chi connectivity index (χ4v) is 1.76. The number of hydrazone groups is 1. The topological polar surface area (TPSA) is 99.7 Å². The van der Waals surface area contributed by atoms with Gasteiger partial charge in [-0.15, -0.1) is 0 Å². The first-order valence-corrected chi connectivity index (χ1v) is 6.57. The van der Waals surface area contributed by atoms with E-state index in [2.05, 4.69) is 37.3 Å². The van der Waals surface area contributed by atoms with Crippen molar-refractivity contribution in [3.8, 4) is 0 Å². The minimum absolute atomic E-state index is 0.167. The maximum Gasteiger partial charge on any atom is 0.285 e. The number of carbonyl (C=O) groups excluding carboxylic acids is 3. The zero-order valence-corrected chi connectivity index (χ0v) is 11.9. The molecule has 1 aliphatic heterocycles. The van der Waals surface area contributed by atoms with Gasteiger partial charge in [0, 0.05) is 22.9 Å². The van der Waals surface area contributed by atoms with Crippen molar-refractivity contribution in [3.63, 3.8) is 0 Å². The first kappa shape index (κ1) is 14.2. The minimum atomic E-state index is -0.546. The van der Waals surface area contributed by atoms with Crippen LogP contribution >= 0.6 is 15.9 Å². The Balaban J connectivity index is 1.88. The number of hydrazine groups is 1. The molecule has 1 aliphatic rings. The molecule has 2 rings (SSSR count). The summed E-state index contributed by atoms with van der Waals surface area (Å²) in [5.74, 6) is -1.22. The molecule has 1 aromatic carbocycles. The summed E-state index contributed by atoms with van der Waals surface area (Å²) in [4.78, 5) is 34.3. The Kier molecular flexibility index (Phi) is 4.46. The Labute approximate surface area is 122 Å². The van der Waals surface area contributed by atoms with Crippen molar-refractivity contribution in [2.45, 2.75) is 12.8 Å². The lowest BCUT2D eigenvalue weighted by molar-refractivity contribution is -0.121. The van der Waals surface area contributed by atoms with Gasteiger partial charge in [0.25, 0.3) is 11.8 Å². The van der Waals surface area contributed by atoms with Crippen LogP contribution in [-0.4, -0.2) is 23.4 Å². The lowest BCUT2D eigenvalue weighted by Crippen LogP contribution is -2.46. The van der Waals surface area contributed by atoms with Crippen LogP contribution in [0, 0.1) is 0 Å². The second-order valence-electron chi connectivity index (χ2n) is 4.01. The third-order valence-electron chi connectivity index (χ3n) is 2.56. The normalized spacial score (nSPS) is 14.1. The Morgan fingerprint density at radius 2 is 1.75 bits per heavy atom. The van der Waals surface area contributed by atoms with E-state index < -0.39 is 11.8 Å². The summed E-state index contributed by atoms with van der Waals surface area (Å²) < 4.78 is 0.852. The molecule has 0 aromatic heterocycles. The maximum absolute atomic E-state index is 11.7. The zero-order chi connectivity index (χ0) is 14.5. The van der Waals surface area contributed by atoms with E-state index in [-0.39, 0.29) is 24.5 Å². The molecule has 0 unspecified atom stereocenters. The van der Waals surface area contributed by atoms with Crippen molar-refractivity contribution < 1.29 is 14.4 Å². The Morgan fingerprint density at radius 1 is 1.10 bits per heavy atom. The SMILES string of the molecule is O=C1CCC(C(=O)NNC(=O)c2ccc(Br)cc2)=NN1. The maximum atomic E-state index is 11.7. The lowest BCUT2D eigenvalue weighted by atomic mass is 10.2. The van der Waals surface area contributed by atoms with E-state index in [0.717, 1.165) is 4.47 Å². The summed E-state index contributed by atoms with van der Waals surface area (Å²) >= 11 is 3.26. The van der Waals surface area contributed by atoms with Crippen LogP contribution in [0.4, 0.5) is 0 Å². The van der Waals surface area contributed by atoms with E-state index in [1.165, 1.54) is 0 Å². The number of carbonyl (C=O) groups is 3. The molecule has 0 spiro atoms. The molecule has 0 atom stereocenters. The monoisotopic (exact) mass is 338 g/mol. The lowest BCUT2D eigenvalue weighted by Gasteiger charge is -2.12. The highest BCUT2D eigenvalue weighted by Crippen LogP contribution is 2.10. The summed E-state index contributed by atoms with van der Waals surface area (Å²) in [5, 5.41) is 3.62.